The molecule has 0 amide bonds. The number of rotatable bonds is 14. The molecule has 0 aliphatic rings. The molecule has 0 aromatic heterocycles. The fourth-order valence-electron chi connectivity index (χ4n) is 5.29. The summed E-state index contributed by atoms with van der Waals surface area (Å²) < 4.78 is 17.7. The molecular weight excluding hydrogens is 590 g/mol. The first-order valence-electron chi connectivity index (χ1n) is 16.8. The fraction of sp³-hybridized carbons (Fsp3) is 0.500. The lowest BCUT2D eigenvalue weighted by atomic mass is 9.75. The highest BCUT2D eigenvalue weighted by Crippen LogP contribution is 2.46. The summed E-state index contributed by atoms with van der Waals surface area (Å²) in [5.74, 6) is 0.582. The summed E-state index contributed by atoms with van der Waals surface area (Å²) in [4.78, 5) is 17.1. The molecule has 7 heteroatoms. The number of ether oxygens (including phenoxy) is 3. The summed E-state index contributed by atoms with van der Waals surface area (Å²) in [5, 5.41) is 24.1. The maximum absolute atomic E-state index is 13.4. The molecule has 256 valence electrons. The first-order valence-corrected chi connectivity index (χ1v) is 16.8. The number of nitrogens with zero attached hydrogens (tertiary/aromatic N) is 1. The number of carbonyl (C=O) groups excluding carboxylic acids is 1. The maximum atomic E-state index is 13.4. The van der Waals surface area contributed by atoms with Crippen molar-refractivity contribution in [3.63, 3.8) is 0 Å². The van der Waals surface area contributed by atoms with Crippen LogP contribution in [0.3, 0.4) is 0 Å². The minimum Gasteiger partial charge on any atom is -0.507 e. The molecule has 1 atom stereocenters. The third-order valence-corrected chi connectivity index (χ3v) is 8.51. The van der Waals surface area contributed by atoms with Crippen molar-refractivity contribution in [2.24, 2.45) is 4.99 Å². The minimum absolute atomic E-state index is 0.0474. The largest absolute Gasteiger partial charge is 0.507 e. The van der Waals surface area contributed by atoms with Gasteiger partial charge >= 0.3 is 5.97 Å². The lowest BCUT2D eigenvalue weighted by molar-refractivity contribution is 0.0519. The van der Waals surface area contributed by atoms with Gasteiger partial charge in [0.25, 0.3) is 0 Å². The third-order valence-electron chi connectivity index (χ3n) is 8.51. The Morgan fingerprint density at radius 2 is 1.30 bits per heavy atom. The van der Waals surface area contributed by atoms with Crippen molar-refractivity contribution < 1.29 is 29.2 Å². The van der Waals surface area contributed by atoms with Crippen LogP contribution in [0.25, 0.3) is 0 Å². The van der Waals surface area contributed by atoms with E-state index in [1.165, 1.54) is 31.5 Å². The van der Waals surface area contributed by atoms with E-state index >= 15 is 0 Å². The van der Waals surface area contributed by atoms with Crippen molar-refractivity contribution >= 4 is 12.2 Å². The van der Waals surface area contributed by atoms with Crippen molar-refractivity contribution in [3.05, 3.63) is 88.0 Å². The quantitative estimate of drug-likeness (QED) is 0.103. The van der Waals surface area contributed by atoms with Crippen LogP contribution in [0.4, 0.5) is 0 Å². The van der Waals surface area contributed by atoms with E-state index in [0.29, 0.717) is 41.4 Å². The summed E-state index contributed by atoms with van der Waals surface area (Å²) in [5.41, 5.74) is 1.71. The van der Waals surface area contributed by atoms with Crippen LogP contribution in [-0.4, -0.2) is 48.8 Å². The molecule has 0 fully saturated rings. The minimum atomic E-state index is -1.72. The third kappa shape index (κ3) is 9.16. The van der Waals surface area contributed by atoms with Crippen LogP contribution in [0, 0.1) is 0 Å². The standard InChI is InChI=1S/C40H55NO6/c1-11-13-21-46-35-19-16-30(38(4,5)6)24-32(35)40(44,27(3)41-26-29-23-28(37(43)45-10)15-18-34(29)42)33-25-31(39(7,8)9)17-20-36(33)47-22-14-12-2/h15-20,23-27,42,44H,11-14,21-22H2,1-10H3. The number of esters is 1. The van der Waals surface area contributed by atoms with E-state index < -0.39 is 17.6 Å². The number of aliphatic imine (C=N–C) groups is 1. The van der Waals surface area contributed by atoms with Crippen molar-refractivity contribution in [1.82, 2.24) is 0 Å². The van der Waals surface area contributed by atoms with Gasteiger partial charge in [-0.25, -0.2) is 4.79 Å². The predicted molar refractivity (Wildman–Crippen MR) is 191 cm³/mol. The van der Waals surface area contributed by atoms with E-state index in [2.05, 4.69) is 67.5 Å². The lowest BCUT2D eigenvalue weighted by Crippen LogP contribution is -2.39. The first kappa shape index (κ1) is 37.6. The highest BCUT2D eigenvalue weighted by molar-refractivity contribution is 5.93. The maximum Gasteiger partial charge on any atom is 0.337 e. The molecule has 0 saturated carbocycles. The van der Waals surface area contributed by atoms with Gasteiger partial charge in [0.05, 0.1) is 31.9 Å². The highest BCUT2D eigenvalue weighted by atomic mass is 16.5. The average Bonchev–Trinajstić information content (AvgIpc) is 3.02. The summed E-state index contributed by atoms with van der Waals surface area (Å²) in [6.07, 6.45) is 5.17. The number of phenolic OH excluding ortho intramolecular Hbond substituents is 1. The molecule has 0 aliphatic heterocycles. The number of aromatic hydroxyl groups is 1. The molecule has 1 unspecified atom stereocenters. The number of benzene rings is 3. The van der Waals surface area contributed by atoms with Crippen molar-refractivity contribution in [2.45, 2.75) is 110 Å². The van der Waals surface area contributed by atoms with Gasteiger partial charge in [-0.2, -0.15) is 0 Å². The van der Waals surface area contributed by atoms with E-state index in [1.807, 2.05) is 31.2 Å². The van der Waals surface area contributed by atoms with Gasteiger partial charge in [-0.3, -0.25) is 4.99 Å². The van der Waals surface area contributed by atoms with E-state index in [0.717, 1.165) is 36.8 Å². The van der Waals surface area contributed by atoms with E-state index in [4.69, 9.17) is 19.2 Å². The summed E-state index contributed by atoms with van der Waals surface area (Å²) in [6, 6.07) is 15.7. The summed E-state index contributed by atoms with van der Waals surface area (Å²) >= 11 is 0. The van der Waals surface area contributed by atoms with Crippen LogP contribution in [0.5, 0.6) is 17.2 Å². The van der Waals surface area contributed by atoms with E-state index in [1.54, 1.807) is 0 Å². The molecule has 2 N–H and O–H groups in total. The molecular formula is C40H55NO6. The SMILES string of the molecule is CCCCOc1ccc(C(C)(C)C)cc1C(O)(c1cc(C(C)(C)C)ccc1OCCCC)C(C)N=Cc1cc(C(=O)OC)ccc1O. The second kappa shape index (κ2) is 15.8. The topological polar surface area (TPSA) is 97.6 Å². The molecule has 3 aromatic rings. The van der Waals surface area contributed by atoms with Gasteiger partial charge in [-0.15, -0.1) is 0 Å². The number of aliphatic hydroxyl groups is 1. The van der Waals surface area contributed by atoms with Crippen molar-refractivity contribution in [3.8, 4) is 17.2 Å². The van der Waals surface area contributed by atoms with Crippen LogP contribution in [0.15, 0.2) is 59.6 Å². The molecule has 0 bridgehead atoms. The zero-order chi connectivity index (χ0) is 35.0. The van der Waals surface area contributed by atoms with Gasteiger partial charge < -0.3 is 24.4 Å². The Balaban J connectivity index is 2.38. The molecule has 0 saturated heterocycles. The predicted octanol–water partition coefficient (Wildman–Crippen LogP) is 8.88. The van der Waals surface area contributed by atoms with Crippen molar-refractivity contribution in [1.29, 1.82) is 0 Å². The molecule has 0 aliphatic carbocycles. The van der Waals surface area contributed by atoms with Crippen LogP contribution in [-0.2, 0) is 21.2 Å². The fourth-order valence-corrected chi connectivity index (χ4v) is 5.29. The van der Waals surface area contributed by atoms with Gasteiger partial charge in [-0.1, -0.05) is 80.4 Å². The zero-order valence-corrected chi connectivity index (χ0v) is 30.1. The molecule has 0 radical (unpaired) electrons. The van der Waals surface area contributed by atoms with Gasteiger partial charge in [-0.05, 0) is 84.2 Å². The first-order chi connectivity index (χ1) is 22.1. The highest BCUT2D eigenvalue weighted by Gasteiger charge is 2.43. The Morgan fingerprint density at radius 1 is 0.809 bits per heavy atom. The smallest absolute Gasteiger partial charge is 0.337 e. The summed E-state index contributed by atoms with van der Waals surface area (Å²) in [7, 11) is 1.31. The number of hydrogen-bond acceptors (Lipinski definition) is 7. The molecule has 0 spiro atoms. The molecule has 7 nitrogen and oxygen atoms in total. The Morgan fingerprint density at radius 3 is 1.72 bits per heavy atom. The Hall–Kier alpha value is -3.84. The number of hydrogen-bond donors (Lipinski definition) is 2. The second-order valence-corrected chi connectivity index (χ2v) is 14.3. The van der Waals surface area contributed by atoms with Gasteiger partial charge in [0.2, 0.25) is 0 Å². The van der Waals surface area contributed by atoms with Crippen LogP contribution in [0.2, 0.25) is 0 Å². The number of unbranched alkanes of at least 4 members (excludes halogenated alkanes) is 2. The average molecular weight is 646 g/mol. The lowest BCUT2D eigenvalue weighted by Gasteiger charge is -2.37. The number of carbonyl (C=O) groups is 1. The van der Waals surface area contributed by atoms with Gasteiger partial charge in [0.1, 0.15) is 22.8 Å². The molecule has 0 heterocycles. The van der Waals surface area contributed by atoms with Gasteiger partial charge in [0, 0.05) is 22.9 Å². The number of phenols is 1. The zero-order valence-electron chi connectivity index (χ0n) is 30.1. The Labute approximate surface area is 282 Å². The second-order valence-electron chi connectivity index (χ2n) is 14.3. The summed E-state index contributed by atoms with van der Waals surface area (Å²) in [6.45, 7) is 19.9. The van der Waals surface area contributed by atoms with E-state index in [9.17, 15) is 15.0 Å². The monoisotopic (exact) mass is 645 g/mol. The Bertz CT molecular complexity index is 1460. The van der Waals surface area contributed by atoms with Crippen molar-refractivity contribution in [2.75, 3.05) is 20.3 Å². The van der Waals surface area contributed by atoms with E-state index in [-0.39, 0.29) is 22.1 Å². The van der Waals surface area contributed by atoms with Crippen LogP contribution < -0.4 is 9.47 Å². The van der Waals surface area contributed by atoms with Crippen LogP contribution >= 0.6 is 0 Å². The molecule has 47 heavy (non-hydrogen) atoms. The van der Waals surface area contributed by atoms with Gasteiger partial charge in [0.15, 0.2) is 0 Å². The Kier molecular flexibility index (Phi) is 12.7. The normalized spacial score (nSPS) is 13.1. The van der Waals surface area contributed by atoms with Crippen LogP contribution in [0.1, 0.15) is 126 Å². The molecule has 3 rings (SSSR count). The molecule has 3 aromatic carbocycles. The number of methoxy groups -OCH3 is 1.